The molecule has 64 valence electrons. The van der Waals surface area contributed by atoms with Crippen LogP contribution in [0.25, 0.3) is 0 Å². The van der Waals surface area contributed by atoms with Crippen LogP contribution in [-0.2, 0) is 0 Å². The van der Waals surface area contributed by atoms with Gasteiger partial charge in [-0.05, 0) is 6.26 Å². The Bertz CT molecular complexity index is 153. The second-order valence-electron chi connectivity index (χ2n) is 1.68. The molecule has 0 aromatic heterocycles. The molecule has 0 radical (unpaired) electrons. The van der Waals surface area contributed by atoms with E-state index >= 15 is 0 Å². The summed E-state index contributed by atoms with van der Waals surface area (Å²) in [7, 11) is 0. The largest absolute Gasteiger partial charge is 0.370 e. The fourth-order valence-corrected chi connectivity index (χ4v) is 1.73. The summed E-state index contributed by atoms with van der Waals surface area (Å²) in [4.78, 5) is 3.56. The van der Waals surface area contributed by atoms with Crippen LogP contribution in [0.4, 0.5) is 0 Å². The first-order valence-electron chi connectivity index (χ1n) is 2.96. The van der Waals surface area contributed by atoms with Gasteiger partial charge < -0.3 is 11.5 Å². The van der Waals surface area contributed by atoms with Crippen LogP contribution in [-0.4, -0.2) is 28.9 Å². The van der Waals surface area contributed by atoms with Gasteiger partial charge in [0, 0.05) is 11.5 Å². The van der Waals surface area contributed by atoms with Crippen LogP contribution >= 0.6 is 23.5 Å². The molecule has 0 aliphatic heterocycles. The van der Waals surface area contributed by atoms with Crippen molar-refractivity contribution in [2.75, 3.05) is 17.8 Å². The van der Waals surface area contributed by atoms with Gasteiger partial charge in [-0.2, -0.15) is 16.8 Å². The van der Waals surface area contributed by atoms with Crippen molar-refractivity contribution in [2.45, 2.75) is 0 Å². The predicted octanol–water partition coefficient (Wildman–Crippen LogP) is 0.291. The maximum atomic E-state index is 7.20. The fraction of sp³-hybridized carbons (Fsp3) is 0.600. The Balaban J connectivity index is 3.46. The van der Waals surface area contributed by atoms with Gasteiger partial charge in [0.15, 0.2) is 11.1 Å². The molecule has 11 heavy (non-hydrogen) atoms. The lowest BCUT2D eigenvalue weighted by Gasteiger charge is -1.96. The van der Waals surface area contributed by atoms with E-state index in [1.807, 2.05) is 6.26 Å². The molecule has 0 saturated heterocycles. The van der Waals surface area contributed by atoms with Crippen molar-refractivity contribution in [3.05, 3.63) is 0 Å². The highest BCUT2D eigenvalue weighted by molar-refractivity contribution is 8.14. The smallest absolute Gasteiger partial charge is 0.193 e. The first-order chi connectivity index (χ1) is 5.16. The normalized spacial score (nSPS) is 9.18. The average Bonchev–Trinajstić information content (AvgIpc) is 1.86. The SMILES string of the molecule is CSCCSC(=N)N=C(N)N. The Hall–Kier alpha value is -0.360. The second kappa shape index (κ2) is 6.36. The molecule has 0 aliphatic carbocycles. The third-order valence-corrected chi connectivity index (χ3v) is 2.40. The molecule has 0 atom stereocenters. The quantitative estimate of drug-likeness (QED) is 0.341. The molecular weight excluding hydrogens is 180 g/mol. The van der Waals surface area contributed by atoms with Crippen LogP contribution < -0.4 is 11.5 Å². The number of nitrogens with two attached hydrogens (primary N) is 2. The topological polar surface area (TPSA) is 88.2 Å². The number of guanidine groups is 1. The number of nitrogens with one attached hydrogen (secondary N) is 1. The zero-order chi connectivity index (χ0) is 8.69. The first-order valence-corrected chi connectivity index (χ1v) is 5.34. The maximum Gasteiger partial charge on any atom is 0.193 e. The van der Waals surface area contributed by atoms with Crippen LogP contribution in [0.15, 0.2) is 4.99 Å². The summed E-state index contributed by atoms with van der Waals surface area (Å²) in [6, 6.07) is 0. The van der Waals surface area contributed by atoms with E-state index in [9.17, 15) is 0 Å². The summed E-state index contributed by atoms with van der Waals surface area (Å²) in [5, 5.41) is 7.38. The van der Waals surface area contributed by atoms with Crippen LogP contribution in [0.1, 0.15) is 0 Å². The first kappa shape index (κ1) is 10.6. The van der Waals surface area contributed by atoms with Crippen molar-refractivity contribution in [1.29, 1.82) is 5.41 Å². The van der Waals surface area contributed by atoms with E-state index in [1.54, 1.807) is 11.8 Å². The van der Waals surface area contributed by atoms with Gasteiger partial charge in [-0.25, -0.2) is 0 Å². The zero-order valence-electron chi connectivity index (χ0n) is 6.33. The molecule has 0 saturated carbocycles. The Morgan fingerprint density at radius 3 is 2.55 bits per heavy atom. The van der Waals surface area contributed by atoms with E-state index in [0.717, 1.165) is 11.5 Å². The maximum absolute atomic E-state index is 7.20. The van der Waals surface area contributed by atoms with Crippen molar-refractivity contribution in [1.82, 2.24) is 0 Å². The van der Waals surface area contributed by atoms with Gasteiger partial charge in [-0.15, -0.1) is 0 Å². The number of hydrogen-bond acceptors (Lipinski definition) is 3. The molecule has 0 fully saturated rings. The van der Waals surface area contributed by atoms with E-state index in [2.05, 4.69) is 4.99 Å². The fourth-order valence-electron chi connectivity index (χ4n) is 0.371. The summed E-state index contributed by atoms with van der Waals surface area (Å²) in [5.74, 6) is 1.83. The standard InChI is InChI=1S/C5H12N4S2/c1-10-2-3-11-5(8)9-4(6)7/h2-3H2,1H3,(H5,6,7,8,9). The van der Waals surface area contributed by atoms with E-state index in [1.165, 1.54) is 11.8 Å². The van der Waals surface area contributed by atoms with Crippen molar-refractivity contribution < 1.29 is 0 Å². The minimum absolute atomic E-state index is 0.0494. The van der Waals surface area contributed by atoms with Gasteiger partial charge in [0.05, 0.1) is 0 Å². The van der Waals surface area contributed by atoms with Gasteiger partial charge in [0.25, 0.3) is 0 Å². The summed E-state index contributed by atoms with van der Waals surface area (Å²) >= 11 is 3.08. The predicted molar refractivity (Wildman–Crippen MR) is 54.4 cm³/mol. The van der Waals surface area contributed by atoms with Crippen LogP contribution in [0.3, 0.4) is 0 Å². The van der Waals surface area contributed by atoms with E-state index in [-0.39, 0.29) is 11.1 Å². The van der Waals surface area contributed by atoms with Gasteiger partial charge >= 0.3 is 0 Å². The molecule has 0 heterocycles. The summed E-state index contributed by atoms with van der Waals surface area (Å²) in [6.07, 6.45) is 2.02. The van der Waals surface area contributed by atoms with Crippen molar-refractivity contribution in [2.24, 2.45) is 16.5 Å². The lowest BCUT2D eigenvalue weighted by atomic mass is 11.0. The molecule has 6 heteroatoms. The van der Waals surface area contributed by atoms with Gasteiger partial charge in [-0.1, -0.05) is 11.8 Å². The van der Waals surface area contributed by atoms with Crippen LogP contribution in [0.5, 0.6) is 0 Å². The minimum Gasteiger partial charge on any atom is -0.370 e. The highest BCUT2D eigenvalue weighted by Crippen LogP contribution is 2.05. The molecule has 0 bridgehead atoms. The van der Waals surface area contributed by atoms with Gasteiger partial charge in [-0.3, -0.25) is 5.41 Å². The van der Waals surface area contributed by atoms with E-state index < -0.39 is 0 Å². The summed E-state index contributed by atoms with van der Waals surface area (Å²) in [6.45, 7) is 0. The van der Waals surface area contributed by atoms with E-state index in [4.69, 9.17) is 16.9 Å². The average molecular weight is 192 g/mol. The molecule has 0 aromatic rings. The lowest BCUT2D eigenvalue weighted by molar-refractivity contribution is 1.43. The third-order valence-electron chi connectivity index (χ3n) is 0.757. The van der Waals surface area contributed by atoms with Crippen molar-refractivity contribution in [3.63, 3.8) is 0 Å². The molecule has 0 amide bonds. The molecule has 4 nitrogen and oxygen atoms in total. The van der Waals surface area contributed by atoms with E-state index in [0.29, 0.717) is 0 Å². The van der Waals surface area contributed by atoms with Crippen molar-refractivity contribution in [3.8, 4) is 0 Å². The monoisotopic (exact) mass is 192 g/mol. The van der Waals surface area contributed by atoms with Crippen LogP contribution in [0.2, 0.25) is 0 Å². The number of nitrogens with zero attached hydrogens (tertiary/aromatic N) is 1. The number of rotatable bonds is 3. The zero-order valence-corrected chi connectivity index (χ0v) is 7.97. The minimum atomic E-state index is -0.0494. The Kier molecular flexibility index (Phi) is 6.15. The van der Waals surface area contributed by atoms with Gasteiger partial charge in [0.1, 0.15) is 0 Å². The molecule has 0 aliphatic rings. The number of aliphatic imine (C=N–C) groups is 1. The number of amidine groups is 1. The second-order valence-corrected chi connectivity index (χ2v) is 3.75. The highest BCUT2D eigenvalue weighted by Gasteiger charge is 1.94. The van der Waals surface area contributed by atoms with Gasteiger partial charge in [0.2, 0.25) is 0 Å². The highest BCUT2D eigenvalue weighted by atomic mass is 32.2. The number of thioether (sulfide) groups is 2. The third kappa shape index (κ3) is 7.54. The Labute approximate surface area is 74.7 Å². The molecule has 0 rings (SSSR count). The molecular formula is C5H12N4S2. The lowest BCUT2D eigenvalue weighted by Crippen LogP contribution is -2.23. The summed E-state index contributed by atoms with van der Waals surface area (Å²) < 4.78 is 0. The molecule has 5 N–H and O–H groups in total. The molecule has 0 unspecified atom stereocenters. The molecule has 0 spiro atoms. The summed E-state index contributed by atoms with van der Waals surface area (Å²) in [5.41, 5.74) is 10.1. The van der Waals surface area contributed by atoms with Crippen molar-refractivity contribution >= 4 is 34.7 Å². The van der Waals surface area contributed by atoms with Crippen LogP contribution in [0, 0.1) is 5.41 Å². The Morgan fingerprint density at radius 1 is 1.45 bits per heavy atom. The molecule has 0 aromatic carbocycles. The number of hydrogen-bond donors (Lipinski definition) is 3. The Morgan fingerprint density at radius 2 is 2.09 bits per heavy atom.